The minimum absolute atomic E-state index is 0.252. The molecule has 6 nitrogen and oxygen atoms in total. The van der Waals surface area contributed by atoms with Crippen molar-refractivity contribution in [1.82, 2.24) is 14.7 Å². The second-order valence-electron chi connectivity index (χ2n) is 3.09. The summed E-state index contributed by atoms with van der Waals surface area (Å²) >= 11 is 0. The van der Waals surface area contributed by atoms with Gasteiger partial charge in [-0.05, 0) is 6.92 Å². The molecule has 1 aromatic rings. The fraction of sp³-hybridized carbons (Fsp3) is 0.444. The van der Waals surface area contributed by atoms with Crippen molar-refractivity contribution >= 4 is 11.8 Å². The first-order chi connectivity index (χ1) is 7.10. The van der Waals surface area contributed by atoms with Crippen LogP contribution in [0.15, 0.2) is 6.20 Å². The molecule has 0 spiro atoms. The molecule has 0 aliphatic carbocycles. The third-order valence-corrected chi connectivity index (χ3v) is 2.11. The van der Waals surface area contributed by atoms with Crippen molar-refractivity contribution in [1.29, 1.82) is 5.26 Å². The van der Waals surface area contributed by atoms with Gasteiger partial charge >= 0.3 is 6.03 Å². The Balaban J connectivity index is 2.85. The maximum atomic E-state index is 11.5. The van der Waals surface area contributed by atoms with E-state index in [0.29, 0.717) is 17.9 Å². The van der Waals surface area contributed by atoms with E-state index in [1.54, 1.807) is 14.1 Å². The van der Waals surface area contributed by atoms with E-state index in [-0.39, 0.29) is 6.03 Å². The summed E-state index contributed by atoms with van der Waals surface area (Å²) in [6, 6.07) is 1.71. The van der Waals surface area contributed by atoms with Crippen LogP contribution < -0.4 is 5.32 Å². The Morgan fingerprint density at radius 1 is 1.80 bits per heavy atom. The van der Waals surface area contributed by atoms with Gasteiger partial charge < -0.3 is 4.90 Å². The van der Waals surface area contributed by atoms with E-state index in [2.05, 4.69) is 10.4 Å². The molecule has 15 heavy (non-hydrogen) atoms. The summed E-state index contributed by atoms with van der Waals surface area (Å²) in [6.07, 6.45) is 1.42. The van der Waals surface area contributed by atoms with Crippen molar-refractivity contribution in [2.75, 3.05) is 18.9 Å². The predicted octanol–water partition coefficient (Wildman–Crippen LogP) is 0.775. The van der Waals surface area contributed by atoms with Crippen LogP contribution in [0.5, 0.6) is 0 Å². The average Bonchev–Trinajstić information content (AvgIpc) is 2.59. The first-order valence-electron chi connectivity index (χ1n) is 4.54. The zero-order valence-corrected chi connectivity index (χ0v) is 8.98. The zero-order chi connectivity index (χ0) is 11.4. The molecule has 0 aliphatic rings. The zero-order valence-electron chi connectivity index (χ0n) is 8.98. The molecule has 0 atom stereocenters. The van der Waals surface area contributed by atoms with Gasteiger partial charge in [0.25, 0.3) is 0 Å². The molecule has 1 rings (SSSR count). The molecule has 6 heteroatoms. The highest BCUT2D eigenvalue weighted by molar-refractivity contribution is 5.89. The Kier molecular flexibility index (Phi) is 3.29. The molecule has 1 N–H and O–H groups in total. The van der Waals surface area contributed by atoms with E-state index in [0.717, 1.165) is 0 Å². The van der Waals surface area contributed by atoms with Gasteiger partial charge in [0.15, 0.2) is 0 Å². The summed E-state index contributed by atoms with van der Waals surface area (Å²) in [5, 5.41) is 15.3. The van der Waals surface area contributed by atoms with Crippen LogP contribution in [0.25, 0.3) is 0 Å². The minimum atomic E-state index is -0.252. The van der Waals surface area contributed by atoms with E-state index in [9.17, 15) is 4.79 Å². The second kappa shape index (κ2) is 4.46. The topological polar surface area (TPSA) is 74.0 Å². The maximum absolute atomic E-state index is 11.5. The Morgan fingerprint density at radius 3 is 3.00 bits per heavy atom. The Hall–Kier alpha value is -2.03. The van der Waals surface area contributed by atoms with Gasteiger partial charge in [0.2, 0.25) is 0 Å². The number of rotatable bonds is 2. The number of aromatic nitrogens is 2. The van der Waals surface area contributed by atoms with E-state index < -0.39 is 0 Å². The number of nitrogens with one attached hydrogen (secondary N) is 1. The van der Waals surface area contributed by atoms with E-state index in [4.69, 9.17) is 5.26 Å². The number of urea groups is 1. The Bertz CT molecular complexity index is 403. The van der Waals surface area contributed by atoms with E-state index in [1.807, 2.05) is 13.0 Å². The highest BCUT2D eigenvalue weighted by Gasteiger charge is 2.13. The van der Waals surface area contributed by atoms with Gasteiger partial charge in [0, 0.05) is 20.6 Å². The van der Waals surface area contributed by atoms with Gasteiger partial charge in [0.1, 0.15) is 17.5 Å². The smallest absolute Gasteiger partial charge is 0.322 e. The second-order valence-corrected chi connectivity index (χ2v) is 3.09. The molecule has 0 saturated carbocycles. The molecular formula is C9H13N5O. The molecule has 0 radical (unpaired) electrons. The molecule has 0 saturated heterocycles. The largest absolute Gasteiger partial charge is 0.328 e. The number of anilines is 1. The monoisotopic (exact) mass is 207 g/mol. The molecule has 0 fully saturated rings. The lowest BCUT2D eigenvalue weighted by Gasteiger charge is -2.15. The number of amides is 2. The summed E-state index contributed by atoms with van der Waals surface area (Å²) in [7, 11) is 3.35. The van der Waals surface area contributed by atoms with E-state index >= 15 is 0 Å². The summed E-state index contributed by atoms with van der Waals surface area (Å²) in [5.74, 6) is 0.419. The van der Waals surface area contributed by atoms with Crippen LogP contribution in [0.3, 0.4) is 0 Å². The highest BCUT2D eigenvalue weighted by Crippen LogP contribution is 2.12. The molecule has 0 unspecified atom stereocenters. The number of aryl methyl sites for hydroxylation is 1. The van der Waals surface area contributed by atoms with Crippen LogP contribution in [-0.4, -0.2) is 34.3 Å². The average molecular weight is 207 g/mol. The third-order valence-electron chi connectivity index (χ3n) is 2.11. The van der Waals surface area contributed by atoms with Gasteiger partial charge in [-0.3, -0.25) is 10.00 Å². The number of hydrogen-bond donors (Lipinski definition) is 1. The lowest BCUT2D eigenvalue weighted by atomic mass is 10.3. The van der Waals surface area contributed by atoms with Crippen molar-refractivity contribution in [3.63, 3.8) is 0 Å². The summed E-state index contributed by atoms with van der Waals surface area (Å²) in [6.45, 7) is 2.47. The van der Waals surface area contributed by atoms with Crippen LogP contribution in [0.1, 0.15) is 12.5 Å². The van der Waals surface area contributed by atoms with Crippen molar-refractivity contribution in [2.45, 2.75) is 6.92 Å². The molecule has 0 aliphatic heterocycles. The van der Waals surface area contributed by atoms with Crippen LogP contribution in [0.2, 0.25) is 0 Å². The Labute approximate surface area is 88.1 Å². The maximum Gasteiger partial charge on any atom is 0.322 e. The van der Waals surface area contributed by atoms with Gasteiger partial charge in [0.05, 0.1) is 6.20 Å². The van der Waals surface area contributed by atoms with Gasteiger partial charge in [-0.1, -0.05) is 0 Å². The fourth-order valence-corrected chi connectivity index (χ4v) is 1.01. The predicted molar refractivity (Wildman–Crippen MR) is 55.2 cm³/mol. The van der Waals surface area contributed by atoms with Crippen LogP contribution >= 0.6 is 0 Å². The molecule has 1 heterocycles. The van der Waals surface area contributed by atoms with Crippen LogP contribution in [0.4, 0.5) is 10.6 Å². The number of nitrogens with zero attached hydrogens (tertiary/aromatic N) is 4. The first-order valence-corrected chi connectivity index (χ1v) is 4.54. The lowest BCUT2D eigenvalue weighted by Crippen LogP contribution is -2.31. The molecule has 0 aromatic carbocycles. The number of carbonyl (C=O) groups excluding carboxylic acids is 1. The van der Waals surface area contributed by atoms with Crippen molar-refractivity contribution < 1.29 is 4.79 Å². The minimum Gasteiger partial charge on any atom is -0.328 e. The number of hydrogen-bond acceptors (Lipinski definition) is 3. The van der Waals surface area contributed by atoms with Crippen molar-refractivity contribution in [2.24, 2.45) is 7.05 Å². The van der Waals surface area contributed by atoms with Crippen molar-refractivity contribution in [3.8, 4) is 6.07 Å². The fourth-order valence-electron chi connectivity index (χ4n) is 1.01. The normalized spacial score (nSPS) is 9.47. The Morgan fingerprint density at radius 2 is 2.47 bits per heavy atom. The number of nitriles is 1. The van der Waals surface area contributed by atoms with Crippen molar-refractivity contribution in [3.05, 3.63) is 11.8 Å². The lowest BCUT2D eigenvalue weighted by molar-refractivity contribution is 0.224. The third kappa shape index (κ3) is 2.26. The molecular weight excluding hydrogens is 194 g/mol. The molecule has 0 bridgehead atoms. The first kappa shape index (κ1) is 11.0. The summed E-state index contributed by atoms with van der Waals surface area (Å²) < 4.78 is 1.46. The standard InChI is InChI=1S/C9H13N5O/c1-4-13(2)9(15)12-8-7(5-10)6-11-14(8)3/h6H,4H2,1-3H3,(H,12,15). The van der Waals surface area contributed by atoms with Gasteiger partial charge in [-0.15, -0.1) is 0 Å². The van der Waals surface area contributed by atoms with Crippen LogP contribution in [-0.2, 0) is 7.05 Å². The van der Waals surface area contributed by atoms with Crippen LogP contribution in [0, 0.1) is 11.3 Å². The molecule has 80 valence electrons. The summed E-state index contributed by atoms with van der Waals surface area (Å²) in [4.78, 5) is 13.0. The molecule has 2 amide bonds. The molecule has 1 aromatic heterocycles. The number of carbonyl (C=O) groups is 1. The SMILES string of the molecule is CCN(C)C(=O)Nc1c(C#N)cnn1C. The summed E-state index contributed by atoms with van der Waals surface area (Å²) in [5.41, 5.74) is 0.357. The van der Waals surface area contributed by atoms with Gasteiger partial charge in [-0.2, -0.15) is 10.4 Å². The van der Waals surface area contributed by atoms with E-state index in [1.165, 1.54) is 15.8 Å². The quantitative estimate of drug-likeness (QED) is 0.778. The highest BCUT2D eigenvalue weighted by atomic mass is 16.2. The van der Waals surface area contributed by atoms with Gasteiger partial charge in [-0.25, -0.2) is 4.79 Å².